The van der Waals surface area contributed by atoms with Crippen molar-refractivity contribution in [3.05, 3.63) is 54.1 Å². The number of aryl methyl sites for hydroxylation is 1. The third kappa shape index (κ3) is 4.46. The number of amides is 1. The molecule has 140 valence electrons. The highest BCUT2D eigenvalue weighted by atomic mass is 32.2. The zero-order chi connectivity index (χ0) is 19.2. The lowest BCUT2D eigenvalue weighted by Gasteiger charge is -2.13. The summed E-state index contributed by atoms with van der Waals surface area (Å²) in [6.07, 6.45) is 0.970. The molecule has 3 aromatic rings. The van der Waals surface area contributed by atoms with Crippen LogP contribution in [0.2, 0.25) is 0 Å². The van der Waals surface area contributed by atoms with E-state index in [2.05, 4.69) is 27.8 Å². The van der Waals surface area contributed by atoms with Crippen molar-refractivity contribution in [3.8, 4) is 11.4 Å². The zero-order valence-corrected chi connectivity index (χ0v) is 16.2. The van der Waals surface area contributed by atoms with Crippen LogP contribution in [0.1, 0.15) is 19.4 Å². The molecule has 1 amide bonds. The molecule has 0 saturated heterocycles. The summed E-state index contributed by atoms with van der Waals surface area (Å²) in [7, 11) is 1.57. The molecule has 0 unspecified atom stereocenters. The van der Waals surface area contributed by atoms with Crippen molar-refractivity contribution in [1.29, 1.82) is 0 Å². The number of tetrazole rings is 1. The molecule has 0 bridgehead atoms. The molecule has 27 heavy (non-hydrogen) atoms. The molecule has 8 heteroatoms. The SMILES string of the molecule is CCc1ccc(-n2nnnc2S[C@H](C)C(=O)Nc2ccccc2OC)cc1. The van der Waals surface area contributed by atoms with E-state index in [0.717, 1.165) is 12.1 Å². The maximum atomic E-state index is 12.6. The van der Waals surface area contributed by atoms with Gasteiger partial charge in [-0.15, -0.1) is 5.10 Å². The molecule has 1 heterocycles. The molecule has 0 radical (unpaired) electrons. The fourth-order valence-corrected chi connectivity index (χ4v) is 3.29. The maximum absolute atomic E-state index is 12.6. The molecule has 0 fully saturated rings. The average molecular weight is 383 g/mol. The Kier molecular flexibility index (Phi) is 6.08. The number of anilines is 1. The Balaban J connectivity index is 1.71. The summed E-state index contributed by atoms with van der Waals surface area (Å²) >= 11 is 1.30. The van der Waals surface area contributed by atoms with Crippen molar-refractivity contribution in [2.45, 2.75) is 30.7 Å². The Morgan fingerprint density at radius 1 is 1.22 bits per heavy atom. The van der Waals surface area contributed by atoms with Gasteiger partial charge in [-0.3, -0.25) is 4.79 Å². The quantitative estimate of drug-likeness (QED) is 0.630. The van der Waals surface area contributed by atoms with Crippen molar-refractivity contribution < 1.29 is 9.53 Å². The van der Waals surface area contributed by atoms with Gasteiger partial charge in [0, 0.05) is 0 Å². The molecule has 0 saturated carbocycles. The van der Waals surface area contributed by atoms with E-state index in [4.69, 9.17) is 4.74 Å². The second-order valence-corrected chi connectivity index (χ2v) is 7.15. The number of nitrogens with one attached hydrogen (secondary N) is 1. The number of hydrogen-bond donors (Lipinski definition) is 1. The minimum absolute atomic E-state index is 0.152. The Labute approximate surface area is 162 Å². The van der Waals surface area contributed by atoms with Crippen LogP contribution in [0, 0.1) is 0 Å². The monoisotopic (exact) mass is 383 g/mol. The number of rotatable bonds is 7. The Hall–Kier alpha value is -2.87. The number of carbonyl (C=O) groups is 1. The average Bonchev–Trinajstić information content (AvgIpc) is 3.16. The first kappa shape index (κ1) is 18.9. The molecule has 0 spiro atoms. The number of para-hydroxylation sites is 2. The molecular weight excluding hydrogens is 362 g/mol. The van der Waals surface area contributed by atoms with Gasteiger partial charge in [0.1, 0.15) is 5.75 Å². The lowest BCUT2D eigenvalue weighted by molar-refractivity contribution is -0.115. The lowest BCUT2D eigenvalue weighted by atomic mass is 10.1. The van der Waals surface area contributed by atoms with Crippen molar-refractivity contribution in [1.82, 2.24) is 20.2 Å². The van der Waals surface area contributed by atoms with E-state index in [9.17, 15) is 4.79 Å². The number of aromatic nitrogens is 4. The largest absolute Gasteiger partial charge is 0.495 e. The number of nitrogens with zero attached hydrogens (tertiary/aromatic N) is 4. The first-order valence-corrected chi connectivity index (χ1v) is 9.48. The van der Waals surface area contributed by atoms with Crippen LogP contribution in [0.15, 0.2) is 53.7 Å². The second-order valence-electron chi connectivity index (χ2n) is 5.84. The van der Waals surface area contributed by atoms with Gasteiger partial charge in [0.2, 0.25) is 11.1 Å². The van der Waals surface area contributed by atoms with E-state index < -0.39 is 5.25 Å². The molecule has 3 rings (SSSR count). The van der Waals surface area contributed by atoms with Crippen LogP contribution in [-0.4, -0.2) is 38.5 Å². The van der Waals surface area contributed by atoms with Gasteiger partial charge < -0.3 is 10.1 Å². The van der Waals surface area contributed by atoms with Crippen LogP contribution in [0.4, 0.5) is 5.69 Å². The first-order valence-electron chi connectivity index (χ1n) is 8.60. The number of benzene rings is 2. The normalized spacial score (nSPS) is 11.8. The van der Waals surface area contributed by atoms with E-state index in [1.807, 2.05) is 43.3 Å². The van der Waals surface area contributed by atoms with Crippen molar-refractivity contribution >= 4 is 23.4 Å². The Bertz CT molecular complexity index is 910. The van der Waals surface area contributed by atoms with E-state index in [1.165, 1.54) is 17.3 Å². The Morgan fingerprint density at radius 3 is 2.67 bits per heavy atom. The molecule has 1 aromatic heterocycles. The smallest absolute Gasteiger partial charge is 0.237 e. The third-order valence-electron chi connectivity index (χ3n) is 4.05. The molecule has 0 aliphatic heterocycles. The van der Waals surface area contributed by atoms with Gasteiger partial charge in [0.15, 0.2) is 0 Å². The maximum Gasteiger partial charge on any atom is 0.237 e. The molecule has 0 aliphatic rings. The van der Waals surface area contributed by atoms with Gasteiger partial charge in [0.25, 0.3) is 0 Å². The van der Waals surface area contributed by atoms with Crippen LogP contribution < -0.4 is 10.1 Å². The number of methoxy groups -OCH3 is 1. The van der Waals surface area contributed by atoms with E-state index in [-0.39, 0.29) is 5.91 Å². The second kappa shape index (κ2) is 8.68. The van der Waals surface area contributed by atoms with Crippen LogP contribution in [0.5, 0.6) is 5.75 Å². The summed E-state index contributed by atoms with van der Waals surface area (Å²) in [6, 6.07) is 15.3. The van der Waals surface area contributed by atoms with Gasteiger partial charge in [-0.2, -0.15) is 4.68 Å². The van der Waals surface area contributed by atoms with Crippen molar-refractivity contribution in [3.63, 3.8) is 0 Å². The van der Waals surface area contributed by atoms with Gasteiger partial charge in [0.05, 0.1) is 23.7 Å². The zero-order valence-electron chi connectivity index (χ0n) is 15.4. The number of carbonyl (C=O) groups excluding carboxylic acids is 1. The summed E-state index contributed by atoms with van der Waals surface area (Å²) in [5, 5.41) is 14.9. The predicted octanol–water partition coefficient (Wildman–Crippen LogP) is 3.35. The summed E-state index contributed by atoms with van der Waals surface area (Å²) in [4.78, 5) is 12.6. The minimum Gasteiger partial charge on any atom is -0.495 e. The fourth-order valence-electron chi connectivity index (χ4n) is 2.48. The lowest BCUT2D eigenvalue weighted by Crippen LogP contribution is -2.23. The van der Waals surface area contributed by atoms with Crippen LogP contribution >= 0.6 is 11.8 Å². The van der Waals surface area contributed by atoms with E-state index in [0.29, 0.717) is 16.6 Å². The number of thioether (sulfide) groups is 1. The van der Waals surface area contributed by atoms with Crippen molar-refractivity contribution in [2.24, 2.45) is 0 Å². The first-order chi connectivity index (χ1) is 13.1. The van der Waals surface area contributed by atoms with Gasteiger partial charge in [-0.05, 0) is 53.6 Å². The third-order valence-corrected chi connectivity index (χ3v) is 5.08. The molecule has 1 N–H and O–H groups in total. The Morgan fingerprint density at radius 2 is 1.96 bits per heavy atom. The van der Waals surface area contributed by atoms with E-state index >= 15 is 0 Å². The number of hydrogen-bond acceptors (Lipinski definition) is 6. The van der Waals surface area contributed by atoms with Crippen molar-refractivity contribution in [2.75, 3.05) is 12.4 Å². The molecule has 0 aliphatic carbocycles. The summed E-state index contributed by atoms with van der Waals surface area (Å²) in [5.41, 5.74) is 2.73. The highest BCUT2D eigenvalue weighted by Gasteiger charge is 2.20. The highest BCUT2D eigenvalue weighted by Crippen LogP contribution is 2.27. The number of ether oxygens (including phenoxy) is 1. The summed E-state index contributed by atoms with van der Waals surface area (Å²) in [6.45, 7) is 3.92. The van der Waals surface area contributed by atoms with Gasteiger partial charge in [-0.1, -0.05) is 43.0 Å². The highest BCUT2D eigenvalue weighted by molar-refractivity contribution is 8.00. The van der Waals surface area contributed by atoms with Crippen LogP contribution in [-0.2, 0) is 11.2 Å². The van der Waals surface area contributed by atoms with E-state index in [1.54, 1.807) is 23.9 Å². The molecule has 2 aromatic carbocycles. The molecule has 7 nitrogen and oxygen atoms in total. The van der Waals surface area contributed by atoms with Crippen LogP contribution in [0.25, 0.3) is 5.69 Å². The summed E-state index contributed by atoms with van der Waals surface area (Å²) in [5.74, 6) is 0.462. The predicted molar refractivity (Wildman–Crippen MR) is 105 cm³/mol. The molecular formula is C19H21N5O2S. The van der Waals surface area contributed by atoms with Gasteiger partial charge in [-0.25, -0.2) is 0 Å². The van der Waals surface area contributed by atoms with Crippen LogP contribution in [0.3, 0.4) is 0 Å². The standard InChI is InChI=1S/C19H21N5O2S/c1-4-14-9-11-15(12-10-14)24-19(21-22-23-24)27-13(2)18(25)20-16-7-5-6-8-17(16)26-3/h5-13H,4H2,1-3H3,(H,20,25)/t13-/m1/s1. The fraction of sp³-hybridized carbons (Fsp3) is 0.263. The summed E-state index contributed by atoms with van der Waals surface area (Å²) < 4.78 is 6.91. The topological polar surface area (TPSA) is 81.9 Å². The molecule has 1 atom stereocenters. The van der Waals surface area contributed by atoms with Gasteiger partial charge >= 0.3 is 0 Å². The minimum atomic E-state index is -0.394.